The Bertz CT molecular complexity index is 793. The van der Waals surface area contributed by atoms with Gasteiger partial charge in [-0.1, -0.05) is 39.0 Å². The van der Waals surface area contributed by atoms with Crippen molar-refractivity contribution < 1.29 is 29.3 Å². The van der Waals surface area contributed by atoms with E-state index < -0.39 is 34.6 Å². The van der Waals surface area contributed by atoms with Crippen molar-refractivity contribution in [2.45, 2.75) is 57.8 Å². The standard InChI is InChI=1S/C22H28O6/c1-13-9-17(28-19(25)15-7-5-4-6-8-15)22(26)20(3)12-27-18(24)11-21(13,22)10-16(23)14(20)2/h4-8,13-14,16-17,23,26H,9-12H2,1-3H3. The maximum absolute atomic E-state index is 12.8. The third-order valence-corrected chi connectivity index (χ3v) is 8.01. The Morgan fingerprint density at radius 1 is 1.25 bits per heavy atom. The van der Waals surface area contributed by atoms with Gasteiger partial charge in [0.05, 0.1) is 24.7 Å². The van der Waals surface area contributed by atoms with E-state index >= 15 is 0 Å². The lowest BCUT2D eigenvalue weighted by atomic mass is 9.47. The number of esters is 2. The van der Waals surface area contributed by atoms with E-state index in [4.69, 9.17) is 9.47 Å². The summed E-state index contributed by atoms with van der Waals surface area (Å²) in [7, 11) is 0. The van der Waals surface area contributed by atoms with Gasteiger partial charge < -0.3 is 19.7 Å². The van der Waals surface area contributed by atoms with Crippen molar-refractivity contribution in [2.24, 2.45) is 22.7 Å². The Hall–Kier alpha value is -1.92. The van der Waals surface area contributed by atoms with Gasteiger partial charge in [0.1, 0.15) is 11.7 Å². The summed E-state index contributed by atoms with van der Waals surface area (Å²) >= 11 is 0. The van der Waals surface area contributed by atoms with Crippen LogP contribution in [0.2, 0.25) is 0 Å². The molecule has 3 fully saturated rings. The molecule has 1 aromatic carbocycles. The van der Waals surface area contributed by atoms with Crippen LogP contribution >= 0.6 is 0 Å². The summed E-state index contributed by atoms with van der Waals surface area (Å²) in [6, 6.07) is 8.69. The summed E-state index contributed by atoms with van der Waals surface area (Å²) in [5.74, 6) is -1.29. The van der Waals surface area contributed by atoms with Gasteiger partial charge in [-0.15, -0.1) is 0 Å². The van der Waals surface area contributed by atoms with Crippen LogP contribution in [0, 0.1) is 22.7 Å². The summed E-state index contributed by atoms with van der Waals surface area (Å²) in [6.07, 6.45) is -0.688. The Kier molecular flexibility index (Phi) is 4.36. The smallest absolute Gasteiger partial charge is 0.338 e. The molecule has 0 amide bonds. The van der Waals surface area contributed by atoms with E-state index in [0.29, 0.717) is 12.0 Å². The van der Waals surface area contributed by atoms with Crippen molar-refractivity contribution in [3.05, 3.63) is 35.9 Å². The first-order valence-electron chi connectivity index (χ1n) is 9.98. The number of carbonyl (C=O) groups is 2. The van der Waals surface area contributed by atoms with E-state index in [1.807, 2.05) is 26.8 Å². The molecule has 7 unspecified atom stereocenters. The molecule has 1 saturated heterocycles. The van der Waals surface area contributed by atoms with E-state index in [1.165, 1.54) is 0 Å². The van der Waals surface area contributed by atoms with Crippen molar-refractivity contribution in [1.82, 2.24) is 0 Å². The van der Waals surface area contributed by atoms with Crippen molar-refractivity contribution in [3.63, 3.8) is 0 Å². The number of rotatable bonds is 2. The summed E-state index contributed by atoms with van der Waals surface area (Å²) < 4.78 is 11.3. The number of aliphatic hydroxyl groups excluding tert-OH is 1. The zero-order valence-corrected chi connectivity index (χ0v) is 16.6. The van der Waals surface area contributed by atoms with Gasteiger partial charge in [-0.3, -0.25) is 4.79 Å². The minimum atomic E-state index is -1.46. The molecule has 2 N–H and O–H groups in total. The first-order chi connectivity index (χ1) is 13.2. The molecule has 6 heteroatoms. The van der Waals surface area contributed by atoms with E-state index in [1.54, 1.807) is 24.3 Å². The maximum atomic E-state index is 12.8. The number of benzene rings is 1. The zero-order chi connectivity index (χ0) is 20.3. The predicted octanol–water partition coefficient (Wildman–Crippen LogP) is 2.32. The summed E-state index contributed by atoms with van der Waals surface area (Å²) in [4.78, 5) is 25.2. The molecule has 2 saturated carbocycles. The molecule has 6 nitrogen and oxygen atoms in total. The van der Waals surface area contributed by atoms with Gasteiger partial charge in [0.2, 0.25) is 0 Å². The van der Waals surface area contributed by atoms with Gasteiger partial charge in [0.25, 0.3) is 0 Å². The second-order valence-electron chi connectivity index (χ2n) is 9.13. The fourth-order valence-corrected chi connectivity index (χ4v) is 6.09. The molecule has 3 aliphatic rings. The van der Waals surface area contributed by atoms with Crippen LogP contribution in [0.1, 0.15) is 50.4 Å². The highest BCUT2D eigenvalue weighted by Crippen LogP contribution is 2.69. The number of cyclic esters (lactones) is 1. The van der Waals surface area contributed by atoms with Gasteiger partial charge in [-0.25, -0.2) is 4.79 Å². The van der Waals surface area contributed by atoms with Crippen LogP contribution in [-0.4, -0.2) is 46.6 Å². The molecule has 2 bridgehead atoms. The quantitative estimate of drug-likeness (QED) is 0.756. The molecule has 1 aromatic rings. The second kappa shape index (κ2) is 6.29. The highest BCUT2D eigenvalue weighted by molar-refractivity contribution is 5.89. The van der Waals surface area contributed by atoms with Crippen molar-refractivity contribution >= 4 is 11.9 Å². The highest BCUT2D eigenvalue weighted by atomic mass is 16.6. The van der Waals surface area contributed by atoms with Crippen molar-refractivity contribution in [1.29, 1.82) is 0 Å². The number of hydrogen-bond donors (Lipinski definition) is 2. The second-order valence-corrected chi connectivity index (χ2v) is 9.13. The average Bonchev–Trinajstić information content (AvgIpc) is 2.84. The topological polar surface area (TPSA) is 93.1 Å². The lowest BCUT2D eigenvalue weighted by Gasteiger charge is -2.60. The number of hydrogen-bond acceptors (Lipinski definition) is 6. The summed E-state index contributed by atoms with van der Waals surface area (Å²) in [5.41, 5.74) is -2.86. The van der Waals surface area contributed by atoms with Crippen LogP contribution in [-0.2, 0) is 14.3 Å². The average molecular weight is 388 g/mol. The van der Waals surface area contributed by atoms with E-state index in [0.717, 1.165) is 0 Å². The van der Waals surface area contributed by atoms with Gasteiger partial charge in [0, 0.05) is 10.8 Å². The molecule has 4 rings (SSSR count). The Labute approximate surface area is 164 Å². The highest BCUT2D eigenvalue weighted by Gasteiger charge is 2.77. The number of aliphatic hydroxyl groups is 2. The normalized spacial score (nSPS) is 45.0. The molecule has 1 heterocycles. The Morgan fingerprint density at radius 3 is 2.61 bits per heavy atom. The third-order valence-electron chi connectivity index (χ3n) is 8.01. The maximum Gasteiger partial charge on any atom is 0.338 e. The lowest BCUT2D eigenvalue weighted by Crippen LogP contribution is -2.70. The van der Waals surface area contributed by atoms with E-state index in [2.05, 4.69) is 0 Å². The molecule has 0 radical (unpaired) electrons. The Morgan fingerprint density at radius 2 is 1.93 bits per heavy atom. The van der Waals surface area contributed by atoms with Crippen LogP contribution in [0.4, 0.5) is 0 Å². The van der Waals surface area contributed by atoms with Crippen molar-refractivity contribution in [2.75, 3.05) is 6.61 Å². The van der Waals surface area contributed by atoms with Gasteiger partial charge in [-0.05, 0) is 36.8 Å². The van der Waals surface area contributed by atoms with E-state index in [-0.39, 0.29) is 37.3 Å². The predicted molar refractivity (Wildman–Crippen MR) is 100 cm³/mol. The van der Waals surface area contributed by atoms with Crippen LogP contribution in [0.25, 0.3) is 0 Å². The molecule has 28 heavy (non-hydrogen) atoms. The fraction of sp³-hybridized carbons (Fsp3) is 0.636. The molecule has 0 spiro atoms. The molecule has 0 aromatic heterocycles. The molecule has 1 aliphatic heterocycles. The molecular formula is C22H28O6. The van der Waals surface area contributed by atoms with Crippen LogP contribution in [0.5, 0.6) is 0 Å². The lowest BCUT2D eigenvalue weighted by molar-refractivity contribution is -0.263. The van der Waals surface area contributed by atoms with Gasteiger partial charge in [0.15, 0.2) is 0 Å². The van der Waals surface area contributed by atoms with E-state index in [9.17, 15) is 19.8 Å². The molecule has 2 aliphatic carbocycles. The SMILES string of the molecule is CC1C(O)CC23CC(=O)OCC1(C)C2(O)C(OC(=O)c1ccccc1)CC3C. The first-order valence-corrected chi connectivity index (χ1v) is 9.98. The summed E-state index contributed by atoms with van der Waals surface area (Å²) in [6.45, 7) is 5.66. The number of ether oxygens (including phenoxy) is 2. The van der Waals surface area contributed by atoms with Crippen LogP contribution in [0.15, 0.2) is 30.3 Å². The van der Waals surface area contributed by atoms with Gasteiger partial charge in [-0.2, -0.15) is 0 Å². The molecular weight excluding hydrogens is 360 g/mol. The summed E-state index contributed by atoms with van der Waals surface area (Å²) in [5, 5.41) is 23.0. The Balaban J connectivity index is 1.79. The molecule has 152 valence electrons. The fourth-order valence-electron chi connectivity index (χ4n) is 6.09. The van der Waals surface area contributed by atoms with Crippen LogP contribution in [0.3, 0.4) is 0 Å². The van der Waals surface area contributed by atoms with Crippen molar-refractivity contribution in [3.8, 4) is 0 Å². The monoisotopic (exact) mass is 388 g/mol. The van der Waals surface area contributed by atoms with Crippen LogP contribution < -0.4 is 0 Å². The number of carbonyl (C=O) groups excluding carboxylic acids is 2. The minimum absolute atomic E-state index is 0.00554. The third kappa shape index (κ3) is 2.34. The minimum Gasteiger partial charge on any atom is -0.465 e. The first kappa shape index (κ1) is 19.4. The van der Waals surface area contributed by atoms with Gasteiger partial charge >= 0.3 is 11.9 Å². The zero-order valence-electron chi connectivity index (χ0n) is 16.6. The molecule has 7 atom stereocenters. The largest absolute Gasteiger partial charge is 0.465 e.